The zero-order valence-corrected chi connectivity index (χ0v) is 12.8. The molecule has 3 heterocycles. The van der Waals surface area contributed by atoms with E-state index in [1.54, 1.807) is 17.5 Å². The SMILES string of the molecule is Cc1nc(Nc2nccs2)cc(C2CCCN2CCO)n1. The highest BCUT2D eigenvalue weighted by atomic mass is 32.1. The van der Waals surface area contributed by atoms with Crippen LogP contribution < -0.4 is 5.32 Å². The van der Waals surface area contributed by atoms with Crippen LogP contribution in [0.4, 0.5) is 10.9 Å². The Morgan fingerprint density at radius 2 is 2.38 bits per heavy atom. The molecule has 6 nitrogen and oxygen atoms in total. The molecule has 0 bridgehead atoms. The molecule has 1 fully saturated rings. The normalized spacial score (nSPS) is 19.0. The molecule has 0 spiro atoms. The Balaban J connectivity index is 1.83. The standard InChI is InChI=1S/C14H19N5OS/c1-10-16-11(12-3-2-5-19(12)6-7-20)9-13(17-10)18-14-15-4-8-21-14/h4,8-9,12,20H,2-3,5-7H2,1H3,(H,15,16,17,18). The van der Waals surface area contributed by atoms with Crippen molar-refractivity contribution >= 4 is 22.3 Å². The van der Waals surface area contributed by atoms with Gasteiger partial charge in [0.2, 0.25) is 0 Å². The zero-order valence-electron chi connectivity index (χ0n) is 12.0. The molecule has 0 aliphatic carbocycles. The third kappa shape index (κ3) is 3.37. The fourth-order valence-electron chi connectivity index (χ4n) is 2.78. The molecule has 3 rings (SSSR count). The van der Waals surface area contributed by atoms with Crippen LogP contribution in [0.5, 0.6) is 0 Å². The molecule has 112 valence electrons. The van der Waals surface area contributed by atoms with E-state index >= 15 is 0 Å². The van der Waals surface area contributed by atoms with Crippen LogP contribution in [0.2, 0.25) is 0 Å². The van der Waals surface area contributed by atoms with E-state index in [4.69, 9.17) is 0 Å². The fourth-order valence-corrected chi connectivity index (χ4v) is 3.31. The highest BCUT2D eigenvalue weighted by molar-refractivity contribution is 7.13. The number of aryl methyl sites for hydroxylation is 1. The van der Waals surface area contributed by atoms with Crippen molar-refractivity contribution in [3.8, 4) is 0 Å². The summed E-state index contributed by atoms with van der Waals surface area (Å²) in [6, 6.07) is 2.27. The maximum atomic E-state index is 9.18. The molecule has 0 radical (unpaired) electrons. The first kappa shape index (κ1) is 14.4. The second kappa shape index (κ2) is 6.46. The van der Waals surface area contributed by atoms with E-state index < -0.39 is 0 Å². The minimum Gasteiger partial charge on any atom is -0.395 e. The van der Waals surface area contributed by atoms with Crippen molar-refractivity contribution in [2.75, 3.05) is 25.0 Å². The van der Waals surface area contributed by atoms with Gasteiger partial charge in [0.25, 0.3) is 0 Å². The summed E-state index contributed by atoms with van der Waals surface area (Å²) in [5.41, 5.74) is 1.02. The molecule has 2 aromatic rings. The summed E-state index contributed by atoms with van der Waals surface area (Å²) in [5, 5.41) is 15.2. The van der Waals surface area contributed by atoms with Crippen molar-refractivity contribution in [3.05, 3.63) is 29.2 Å². The van der Waals surface area contributed by atoms with Gasteiger partial charge in [-0.3, -0.25) is 4.90 Å². The van der Waals surface area contributed by atoms with E-state index in [2.05, 4.69) is 25.2 Å². The second-order valence-corrected chi connectivity index (χ2v) is 6.00. The topological polar surface area (TPSA) is 74.2 Å². The van der Waals surface area contributed by atoms with Crippen LogP contribution in [0.15, 0.2) is 17.6 Å². The van der Waals surface area contributed by atoms with E-state index in [1.165, 1.54) is 0 Å². The Morgan fingerprint density at radius 1 is 1.48 bits per heavy atom. The van der Waals surface area contributed by atoms with Gasteiger partial charge in [-0.15, -0.1) is 11.3 Å². The van der Waals surface area contributed by atoms with Crippen LogP contribution in [0.25, 0.3) is 0 Å². The summed E-state index contributed by atoms with van der Waals surface area (Å²) in [7, 11) is 0. The number of aromatic nitrogens is 3. The lowest BCUT2D eigenvalue weighted by molar-refractivity contribution is 0.183. The molecule has 1 aliphatic rings. The van der Waals surface area contributed by atoms with E-state index in [-0.39, 0.29) is 12.6 Å². The molecule has 21 heavy (non-hydrogen) atoms. The first-order valence-corrected chi connectivity index (χ1v) is 8.01. The Kier molecular flexibility index (Phi) is 4.42. The monoisotopic (exact) mass is 305 g/mol. The molecule has 1 unspecified atom stereocenters. The Morgan fingerprint density at radius 3 is 3.14 bits per heavy atom. The summed E-state index contributed by atoms with van der Waals surface area (Å²) >= 11 is 1.54. The summed E-state index contributed by atoms with van der Waals surface area (Å²) in [6.45, 7) is 3.80. The van der Waals surface area contributed by atoms with Gasteiger partial charge in [-0.1, -0.05) is 0 Å². The van der Waals surface area contributed by atoms with E-state index in [0.29, 0.717) is 6.54 Å². The van der Waals surface area contributed by atoms with Crippen LogP contribution in [0, 0.1) is 6.92 Å². The number of hydrogen-bond donors (Lipinski definition) is 2. The molecule has 1 aliphatic heterocycles. The molecule has 0 amide bonds. The van der Waals surface area contributed by atoms with Crippen molar-refractivity contribution < 1.29 is 5.11 Å². The van der Waals surface area contributed by atoms with Crippen molar-refractivity contribution in [2.45, 2.75) is 25.8 Å². The Hall–Kier alpha value is -1.57. The number of aliphatic hydroxyl groups is 1. The number of anilines is 2. The molecular weight excluding hydrogens is 286 g/mol. The number of likely N-dealkylation sites (tertiary alicyclic amines) is 1. The van der Waals surface area contributed by atoms with Crippen LogP contribution in [-0.4, -0.2) is 44.7 Å². The lowest BCUT2D eigenvalue weighted by atomic mass is 10.1. The minimum absolute atomic E-state index is 0.185. The van der Waals surface area contributed by atoms with Crippen molar-refractivity contribution in [3.63, 3.8) is 0 Å². The minimum atomic E-state index is 0.185. The van der Waals surface area contributed by atoms with Gasteiger partial charge in [0, 0.05) is 24.2 Å². The molecule has 2 aromatic heterocycles. The smallest absolute Gasteiger partial charge is 0.188 e. The fraction of sp³-hybridized carbons (Fsp3) is 0.500. The summed E-state index contributed by atoms with van der Waals surface area (Å²) in [6.07, 6.45) is 3.98. The molecular formula is C14H19N5OS. The van der Waals surface area contributed by atoms with Gasteiger partial charge in [0.05, 0.1) is 18.3 Å². The van der Waals surface area contributed by atoms with Crippen LogP contribution in [-0.2, 0) is 0 Å². The first-order valence-electron chi connectivity index (χ1n) is 7.13. The molecule has 1 saturated heterocycles. The first-order chi connectivity index (χ1) is 10.3. The molecule has 2 N–H and O–H groups in total. The molecule has 7 heteroatoms. The van der Waals surface area contributed by atoms with E-state index in [0.717, 1.165) is 41.9 Å². The lowest BCUT2D eigenvalue weighted by Crippen LogP contribution is -2.27. The number of nitrogens with one attached hydrogen (secondary N) is 1. The maximum absolute atomic E-state index is 9.18. The number of thiazole rings is 1. The molecule has 1 atom stereocenters. The number of aliphatic hydroxyl groups excluding tert-OH is 1. The van der Waals surface area contributed by atoms with Gasteiger partial charge in [0.1, 0.15) is 11.6 Å². The number of hydrogen-bond acceptors (Lipinski definition) is 7. The van der Waals surface area contributed by atoms with Gasteiger partial charge in [-0.05, 0) is 26.3 Å². The predicted molar refractivity (Wildman–Crippen MR) is 82.8 cm³/mol. The number of rotatable bonds is 5. The third-order valence-electron chi connectivity index (χ3n) is 3.62. The van der Waals surface area contributed by atoms with E-state index in [1.807, 2.05) is 18.4 Å². The van der Waals surface area contributed by atoms with Gasteiger partial charge in [-0.2, -0.15) is 0 Å². The highest BCUT2D eigenvalue weighted by Gasteiger charge is 2.27. The van der Waals surface area contributed by atoms with Crippen molar-refractivity contribution in [1.82, 2.24) is 19.9 Å². The van der Waals surface area contributed by atoms with Crippen LogP contribution in [0.3, 0.4) is 0 Å². The van der Waals surface area contributed by atoms with Gasteiger partial charge in [-0.25, -0.2) is 15.0 Å². The summed E-state index contributed by atoms with van der Waals surface area (Å²) in [5.74, 6) is 1.53. The van der Waals surface area contributed by atoms with Gasteiger partial charge in [0.15, 0.2) is 5.13 Å². The van der Waals surface area contributed by atoms with Crippen LogP contribution in [0.1, 0.15) is 30.4 Å². The summed E-state index contributed by atoms with van der Waals surface area (Å²) in [4.78, 5) is 15.5. The largest absolute Gasteiger partial charge is 0.395 e. The quantitative estimate of drug-likeness (QED) is 0.881. The second-order valence-electron chi connectivity index (χ2n) is 5.11. The highest BCUT2D eigenvalue weighted by Crippen LogP contribution is 2.31. The Labute approximate surface area is 127 Å². The zero-order chi connectivity index (χ0) is 14.7. The van der Waals surface area contributed by atoms with E-state index in [9.17, 15) is 5.11 Å². The van der Waals surface area contributed by atoms with Crippen LogP contribution >= 0.6 is 11.3 Å². The average molecular weight is 305 g/mol. The lowest BCUT2D eigenvalue weighted by Gasteiger charge is -2.23. The van der Waals surface area contributed by atoms with Gasteiger partial charge < -0.3 is 10.4 Å². The summed E-state index contributed by atoms with van der Waals surface area (Å²) < 4.78 is 0. The predicted octanol–water partition coefficient (Wildman–Crippen LogP) is 2.11. The maximum Gasteiger partial charge on any atom is 0.188 e. The number of nitrogens with zero attached hydrogens (tertiary/aromatic N) is 4. The van der Waals surface area contributed by atoms with Crippen molar-refractivity contribution in [1.29, 1.82) is 0 Å². The molecule has 0 saturated carbocycles. The average Bonchev–Trinajstić information content (AvgIpc) is 3.10. The third-order valence-corrected chi connectivity index (χ3v) is 4.31. The van der Waals surface area contributed by atoms with Crippen molar-refractivity contribution in [2.24, 2.45) is 0 Å². The Bertz CT molecular complexity index is 589. The number of β-amino-alcohol motifs (C(OH)–C–C–N with tert-alkyl or cyclic N) is 1. The molecule has 0 aromatic carbocycles. The van der Waals surface area contributed by atoms with Gasteiger partial charge >= 0.3 is 0 Å².